The quantitative estimate of drug-likeness (QED) is 0.746. The summed E-state index contributed by atoms with van der Waals surface area (Å²) in [6.07, 6.45) is 0. The molecule has 0 aliphatic carbocycles. The minimum atomic E-state index is -0.173. The molecule has 1 N–H and O–H groups in total. The lowest BCUT2D eigenvalue weighted by molar-refractivity contribution is 0.382. The highest BCUT2D eigenvalue weighted by atomic mass is 35.5. The average molecular weight is 326 g/mol. The van der Waals surface area contributed by atoms with Crippen LogP contribution in [0.3, 0.4) is 0 Å². The Morgan fingerprint density at radius 2 is 1.96 bits per heavy atom. The summed E-state index contributed by atoms with van der Waals surface area (Å²) in [6, 6.07) is 10.7. The van der Waals surface area contributed by atoms with Crippen molar-refractivity contribution in [2.45, 2.75) is 13.5 Å². The van der Waals surface area contributed by atoms with Gasteiger partial charge >= 0.3 is 0 Å². The Labute approximate surface area is 136 Å². The molecule has 1 aliphatic rings. The average Bonchev–Trinajstić information content (AvgIpc) is 2.82. The van der Waals surface area contributed by atoms with Gasteiger partial charge in [-0.05, 0) is 25.1 Å². The maximum atomic E-state index is 11.8. The van der Waals surface area contributed by atoms with Crippen molar-refractivity contribution in [3.8, 4) is 11.3 Å². The molecule has 1 aliphatic heterocycles. The minimum absolute atomic E-state index is 0.173. The minimum Gasteiger partial charge on any atom is -0.358 e. The Morgan fingerprint density at radius 3 is 2.74 bits per heavy atom. The molecule has 2 aromatic heterocycles. The van der Waals surface area contributed by atoms with Gasteiger partial charge in [0.15, 0.2) is 5.76 Å². The predicted octanol–water partition coefficient (Wildman–Crippen LogP) is 3.34. The molecular formula is C17H12ClN3O2. The monoisotopic (exact) mass is 325 g/mol. The van der Waals surface area contributed by atoms with Gasteiger partial charge in [0.05, 0.1) is 22.7 Å². The third-order valence-electron chi connectivity index (χ3n) is 3.86. The Bertz CT molecular complexity index is 984. The zero-order valence-corrected chi connectivity index (χ0v) is 13.0. The van der Waals surface area contributed by atoms with Crippen LogP contribution < -0.4 is 5.56 Å². The summed E-state index contributed by atoms with van der Waals surface area (Å²) in [5.74, 6) is 0.648. The van der Waals surface area contributed by atoms with Gasteiger partial charge < -0.3 is 9.51 Å². The second-order valence-electron chi connectivity index (χ2n) is 5.35. The Balaban J connectivity index is 1.99. The molecule has 0 atom stereocenters. The van der Waals surface area contributed by atoms with E-state index in [4.69, 9.17) is 16.1 Å². The fraction of sp³-hybridized carbons (Fsp3) is 0.118. The van der Waals surface area contributed by atoms with Gasteiger partial charge in [-0.25, -0.2) is 0 Å². The second kappa shape index (κ2) is 5.21. The first-order valence-corrected chi connectivity index (χ1v) is 7.51. The van der Waals surface area contributed by atoms with E-state index in [1.54, 1.807) is 6.07 Å². The van der Waals surface area contributed by atoms with Crippen LogP contribution in [-0.4, -0.2) is 15.9 Å². The lowest BCUT2D eigenvalue weighted by atomic mass is 9.98. The third-order valence-corrected chi connectivity index (χ3v) is 4.11. The van der Waals surface area contributed by atoms with E-state index < -0.39 is 0 Å². The number of aliphatic imine (C=N–C) groups is 1. The van der Waals surface area contributed by atoms with Gasteiger partial charge in [-0.3, -0.25) is 9.79 Å². The number of aryl methyl sites for hydroxylation is 1. The zero-order chi connectivity index (χ0) is 16.0. The first kappa shape index (κ1) is 14.0. The standard InChI is InChI=1S/C17H12ClN3O2/c1-9-15-13(23-21-9)8-19-16(10-2-4-11(18)5-3-10)12-6-7-14(22)20-17(12)15/h2-7H,8H2,1H3,(H,20,22). The Hall–Kier alpha value is -2.66. The largest absolute Gasteiger partial charge is 0.358 e. The van der Waals surface area contributed by atoms with Crippen molar-refractivity contribution in [2.75, 3.05) is 0 Å². The summed E-state index contributed by atoms with van der Waals surface area (Å²) >= 11 is 5.97. The van der Waals surface area contributed by atoms with Crippen LogP contribution >= 0.6 is 11.6 Å². The van der Waals surface area contributed by atoms with Crippen LogP contribution in [0.4, 0.5) is 0 Å². The Morgan fingerprint density at radius 1 is 1.17 bits per heavy atom. The smallest absolute Gasteiger partial charge is 0.248 e. The molecule has 114 valence electrons. The highest BCUT2D eigenvalue weighted by Gasteiger charge is 2.24. The van der Waals surface area contributed by atoms with Crippen LogP contribution in [0, 0.1) is 6.92 Å². The van der Waals surface area contributed by atoms with Crippen LogP contribution in [0.2, 0.25) is 5.02 Å². The molecule has 6 heteroatoms. The molecule has 1 aromatic carbocycles. The number of pyridine rings is 1. The number of aromatic nitrogens is 2. The molecular weight excluding hydrogens is 314 g/mol. The summed E-state index contributed by atoms with van der Waals surface area (Å²) in [5.41, 5.74) is 4.63. The third kappa shape index (κ3) is 2.29. The number of H-pyrrole nitrogens is 1. The molecule has 0 saturated carbocycles. The molecule has 0 unspecified atom stereocenters. The van der Waals surface area contributed by atoms with Crippen molar-refractivity contribution in [1.29, 1.82) is 0 Å². The van der Waals surface area contributed by atoms with E-state index in [-0.39, 0.29) is 5.56 Å². The van der Waals surface area contributed by atoms with E-state index in [9.17, 15) is 4.79 Å². The van der Waals surface area contributed by atoms with Crippen LogP contribution in [-0.2, 0) is 6.54 Å². The molecule has 0 fully saturated rings. The number of rotatable bonds is 1. The van der Waals surface area contributed by atoms with Gasteiger partial charge in [-0.2, -0.15) is 0 Å². The first-order chi connectivity index (χ1) is 11.1. The highest BCUT2D eigenvalue weighted by Crippen LogP contribution is 2.32. The van der Waals surface area contributed by atoms with Crippen molar-refractivity contribution >= 4 is 17.3 Å². The Kier molecular flexibility index (Phi) is 3.16. The molecule has 0 radical (unpaired) electrons. The summed E-state index contributed by atoms with van der Waals surface area (Å²) < 4.78 is 5.37. The topological polar surface area (TPSA) is 71.2 Å². The fourth-order valence-corrected chi connectivity index (χ4v) is 2.93. The maximum absolute atomic E-state index is 11.8. The van der Waals surface area contributed by atoms with E-state index in [2.05, 4.69) is 15.1 Å². The number of nitrogens with one attached hydrogen (secondary N) is 1. The zero-order valence-electron chi connectivity index (χ0n) is 12.3. The van der Waals surface area contributed by atoms with Crippen molar-refractivity contribution in [3.63, 3.8) is 0 Å². The number of nitrogens with zero attached hydrogens (tertiary/aromatic N) is 2. The summed E-state index contributed by atoms with van der Waals surface area (Å²) in [5, 5.41) is 4.66. The number of hydrogen-bond acceptors (Lipinski definition) is 4. The SMILES string of the molecule is Cc1noc2c1-c1[nH]c(=O)ccc1C(c1ccc(Cl)cc1)=NC2. The maximum Gasteiger partial charge on any atom is 0.248 e. The van der Waals surface area contributed by atoms with Crippen molar-refractivity contribution in [3.05, 3.63) is 74.4 Å². The van der Waals surface area contributed by atoms with Crippen LogP contribution in [0.15, 0.2) is 50.7 Å². The predicted molar refractivity (Wildman–Crippen MR) is 88.1 cm³/mol. The fourth-order valence-electron chi connectivity index (χ4n) is 2.80. The summed E-state index contributed by atoms with van der Waals surface area (Å²) in [4.78, 5) is 19.4. The lowest BCUT2D eigenvalue weighted by Crippen LogP contribution is -2.12. The highest BCUT2D eigenvalue weighted by molar-refractivity contribution is 6.30. The summed E-state index contributed by atoms with van der Waals surface area (Å²) in [6.45, 7) is 2.22. The molecule has 23 heavy (non-hydrogen) atoms. The van der Waals surface area contributed by atoms with Crippen LogP contribution in [0.25, 0.3) is 11.3 Å². The molecule has 5 nitrogen and oxygen atoms in total. The van der Waals surface area contributed by atoms with E-state index in [1.165, 1.54) is 6.07 Å². The lowest BCUT2D eigenvalue weighted by Gasteiger charge is -2.10. The van der Waals surface area contributed by atoms with Crippen molar-refractivity contribution in [1.82, 2.24) is 10.1 Å². The number of halogens is 1. The van der Waals surface area contributed by atoms with Gasteiger partial charge in [-0.15, -0.1) is 0 Å². The molecule has 0 spiro atoms. The molecule has 0 amide bonds. The van der Waals surface area contributed by atoms with Crippen LogP contribution in [0.5, 0.6) is 0 Å². The van der Waals surface area contributed by atoms with E-state index in [1.807, 2.05) is 31.2 Å². The van der Waals surface area contributed by atoms with Crippen LogP contribution in [0.1, 0.15) is 22.6 Å². The number of fused-ring (bicyclic) bond motifs is 3. The van der Waals surface area contributed by atoms with Gasteiger partial charge in [0.25, 0.3) is 0 Å². The van der Waals surface area contributed by atoms with E-state index in [0.29, 0.717) is 23.0 Å². The van der Waals surface area contributed by atoms with Gasteiger partial charge in [0.1, 0.15) is 6.54 Å². The van der Waals surface area contributed by atoms with E-state index in [0.717, 1.165) is 28.1 Å². The first-order valence-electron chi connectivity index (χ1n) is 7.13. The molecule has 0 saturated heterocycles. The van der Waals surface area contributed by atoms with E-state index >= 15 is 0 Å². The molecule has 3 aromatic rings. The molecule has 4 rings (SSSR count). The summed E-state index contributed by atoms with van der Waals surface area (Å²) in [7, 11) is 0. The second-order valence-corrected chi connectivity index (χ2v) is 5.79. The number of hydrogen-bond donors (Lipinski definition) is 1. The normalized spacial score (nSPS) is 13.0. The van der Waals surface area contributed by atoms with Crippen molar-refractivity contribution < 1.29 is 4.52 Å². The number of aromatic amines is 1. The molecule has 0 bridgehead atoms. The van der Waals surface area contributed by atoms with Gasteiger partial charge in [0, 0.05) is 22.2 Å². The number of benzene rings is 1. The van der Waals surface area contributed by atoms with Gasteiger partial charge in [-0.1, -0.05) is 28.9 Å². The van der Waals surface area contributed by atoms with Gasteiger partial charge in [0.2, 0.25) is 5.56 Å². The molecule has 3 heterocycles. The van der Waals surface area contributed by atoms with Crippen molar-refractivity contribution in [2.24, 2.45) is 4.99 Å².